The zero-order chi connectivity index (χ0) is 10.9. The number of alkyl halides is 1. The minimum atomic E-state index is -0.263. The fourth-order valence-corrected chi connectivity index (χ4v) is 1.54. The number of halogens is 1. The van der Waals surface area contributed by atoms with Crippen LogP contribution in [0.5, 0.6) is 0 Å². The number of aryl methyl sites for hydroxylation is 1. The second kappa shape index (κ2) is 4.13. The first kappa shape index (κ1) is 11.2. The van der Waals surface area contributed by atoms with Gasteiger partial charge in [-0.2, -0.15) is 0 Å². The normalized spacial score (nSPS) is 12.9. The summed E-state index contributed by atoms with van der Waals surface area (Å²) in [6.07, 6.45) is 0. The molecule has 0 saturated heterocycles. The maximum atomic E-state index is 11.7. The van der Waals surface area contributed by atoms with Crippen molar-refractivity contribution >= 4 is 15.9 Å². The molecule has 0 fully saturated rings. The monoisotopic (exact) mass is 260 g/mol. The Kier molecular flexibility index (Phi) is 3.31. The Labute approximate surface area is 90.3 Å². The molecule has 1 unspecified atom stereocenters. The van der Waals surface area contributed by atoms with Crippen LogP contribution in [0.15, 0.2) is 15.7 Å². The van der Waals surface area contributed by atoms with E-state index in [1.54, 1.807) is 11.5 Å². The van der Waals surface area contributed by atoms with Gasteiger partial charge in [0.2, 0.25) is 0 Å². The average molecular weight is 261 g/mol. The first-order chi connectivity index (χ1) is 6.43. The highest BCUT2D eigenvalue weighted by molar-refractivity contribution is 9.09. The van der Waals surface area contributed by atoms with Crippen LogP contribution in [0.4, 0.5) is 0 Å². The number of rotatable bonds is 2. The van der Waals surface area contributed by atoms with E-state index in [-0.39, 0.29) is 16.1 Å². The Bertz CT molecular complexity index is 445. The van der Waals surface area contributed by atoms with Gasteiger partial charge in [-0.3, -0.25) is 13.9 Å². The topological polar surface area (TPSA) is 44.0 Å². The first-order valence-electron chi connectivity index (χ1n) is 4.35. The van der Waals surface area contributed by atoms with Gasteiger partial charge < -0.3 is 0 Å². The van der Waals surface area contributed by atoms with Crippen LogP contribution < -0.4 is 11.2 Å². The molecule has 0 aliphatic heterocycles. The van der Waals surface area contributed by atoms with Gasteiger partial charge in [-0.15, -0.1) is 0 Å². The molecule has 1 heterocycles. The molecule has 0 saturated carbocycles. The van der Waals surface area contributed by atoms with Crippen LogP contribution in [-0.4, -0.2) is 14.0 Å². The fraction of sp³-hybridized carbons (Fsp3) is 0.556. The summed E-state index contributed by atoms with van der Waals surface area (Å²) in [6.45, 7) is 4.29. The smallest absolute Gasteiger partial charge is 0.297 e. The van der Waals surface area contributed by atoms with Crippen molar-refractivity contribution in [1.29, 1.82) is 0 Å². The molecule has 0 amide bonds. The van der Waals surface area contributed by atoms with E-state index in [0.29, 0.717) is 12.2 Å². The first-order valence-corrected chi connectivity index (χ1v) is 5.26. The quantitative estimate of drug-likeness (QED) is 0.733. The highest BCUT2D eigenvalue weighted by Gasteiger charge is 2.07. The second-order valence-corrected chi connectivity index (χ2v) is 4.92. The average Bonchev–Trinajstić information content (AvgIpc) is 2.09. The molecular formula is C9H13BrN2O2. The maximum absolute atomic E-state index is 11.7. The van der Waals surface area contributed by atoms with Gasteiger partial charge in [-0.1, -0.05) is 22.9 Å². The van der Waals surface area contributed by atoms with E-state index >= 15 is 0 Å². The van der Waals surface area contributed by atoms with Gasteiger partial charge in [0.15, 0.2) is 0 Å². The second-order valence-electron chi connectivity index (χ2n) is 3.36. The lowest BCUT2D eigenvalue weighted by Crippen LogP contribution is -2.39. The van der Waals surface area contributed by atoms with Crippen molar-refractivity contribution in [3.05, 3.63) is 32.6 Å². The highest BCUT2D eigenvalue weighted by Crippen LogP contribution is 2.01. The van der Waals surface area contributed by atoms with E-state index in [9.17, 15) is 9.59 Å². The van der Waals surface area contributed by atoms with Gasteiger partial charge in [-0.25, -0.2) is 4.79 Å². The third kappa shape index (κ3) is 2.15. The third-order valence-corrected chi connectivity index (χ3v) is 2.33. The lowest BCUT2D eigenvalue weighted by atomic mass is 10.4. The predicted molar refractivity (Wildman–Crippen MR) is 59.1 cm³/mol. The Morgan fingerprint density at radius 1 is 1.50 bits per heavy atom. The zero-order valence-corrected chi connectivity index (χ0v) is 10.0. The van der Waals surface area contributed by atoms with Crippen molar-refractivity contribution in [1.82, 2.24) is 9.13 Å². The third-order valence-electron chi connectivity index (χ3n) is 2.04. The molecule has 1 atom stereocenters. The van der Waals surface area contributed by atoms with Crippen LogP contribution in [0.2, 0.25) is 0 Å². The summed E-state index contributed by atoms with van der Waals surface area (Å²) in [5.41, 5.74) is 0.177. The minimum absolute atomic E-state index is 0.205. The molecule has 14 heavy (non-hydrogen) atoms. The van der Waals surface area contributed by atoms with Crippen molar-refractivity contribution in [2.24, 2.45) is 7.05 Å². The molecular weight excluding hydrogens is 248 g/mol. The SMILES string of the molecule is Cc1cc(=O)n(C)c(=O)n1CC(C)Br. The van der Waals surface area contributed by atoms with Crippen molar-refractivity contribution < 1.29 is 0 Å². The van der Waals surface area contributed by atoms with Crippen molar-refractivity contribution in [3.8, 4) is 0 Å². The molecule has 1 aromatic rings. The standard InChI is InChI=1S/C9H13BrN2O2/c1-6(10)5-12-7(2)4-8(13)11(3)9(12)14/h4,6H,5H2,1-3H3. The number of hydrogen-bond acceptors (Lipinski definition) is 2. The molecule has 1 rings (SSSR count). The van der Waals surface area contributed by atoms with E-state index in [2.05, 4.69) is 15.9 Å². The summed E-state index contributed by atoms with van der Waals surface area (Å²) >= 11 is 3.38. The van der Waals surface area contributed by atoms with E-state index in [1.807, 2.05) is 6.92 Å². The molecule has 0 aliphatic carbocycles. The molecule has 0 aliphatic rings. The van der Waals surface area contributed by atoms with Crippen LogP contribution in [-0.2, 0) is 13.6 Å². The van der Waals surface area contributed by atoms with E-state index in [4.69, 9.17) is 0 Å². The van der Waals surface area contributed by atoms with Crippen molar-refractivity contribution in [2.45, 2.75) is 25.2 Å². The Hall–Kier alpha value is -0.840. The van der Waals surface area contributed by atoms with Gasteiger partial charge in [0, 0.05) is 30.2 Å². The summed E-state index contributed by atoms with van der Waals surface area (Å²) < 4.78 is 2.70. The van der Waals surface area contributed by atoms with Gasteiger partial charge in [0.1, 0.15) is 0 Å². The largest absolute Gasteiger partial charge is 0.330 e. The molecule has 5 heteroatoms. The number of hydrogen-bond donors (Lipinski definition) is 0. The number of aromatic nitrogens is 2. The van der Waals surface area contributed by atoms with Crippen LogP contribution in [0.3, 0.4) is 0 Å². The van der Waals surface area contributed by atoms with Crippen molar-refractivity contribution in [2.75, 3.05) is 0 Å². The lowest BCUT2D eigenvalue weighted by Gasteiger charge is -2.11. The summed E-state index contributed by atoms with van der Waals surface area (Å²) in [4.78, 5) is 23.1. The molecule has 4 nitrogen and oxygen atoms in total. The van der Waals surface area contributed by atoms with Crippen LogP contribution in [0, 0.1) is 6.92 Å². The molecule has 0 N–H and O–H groups in total. The minimum Gasteiger partial charge on any atom is -0.297 e. The molecule has 0 bridgehead atoms. The fourth-order valence-electron chi connectivity index (χ4n) is 1.25. The summed E-state index contributed by atoms with van der Waals surface area (Å²) in [6, 6.07) is 1.47. The van der Waals surface area contributed by atoms with E-state index in [1.165, 1.54) is 13.1 Å². The van der Waals surface area contributed by atoms with Crippen LogP contribution >= 0.6 is 15.9 Å². The molecule has 0 spiro atoms. The lowest BCUT2D eigenvalue weighted by molar-refractivity contribution is 0.584. The summed E-state index contributed by atoms with van der Waals surface area (Å²) in [7, 11) is 1.49. The maximum Gasteiger partial charge on any atom is 0.330 e. The van der Waals surface area contributed by atoms with Crippen molar-refractivity contribution in [3.63, 3.8) is 0 Å². The van der Waals surface area contributed by atoms with Crippen LogP contribution in [0.1, 0.15) is 12.6 Å². The number of nitrogens with zero attached hydrogens (tertiary/aromatic N) is 2. The van der Waals surface area contributed by atoms with E-state index in [0.717, 1.165) is 4.57 Å². The molecule has 78 valence electrons. The molecule has 1 aromatic heterocycles. The van der Waals surface area contributed by atoms with Gasteiger partial charge in [0.05, 0.1) is 0 Å². The highest BCUT2D eigenvalue weighted by atomic mass is 79.9. The summed E-state index contributed by atoms with van der Waals surface area (Å²) in [5, 5.41) is 0. The Morgan fingerprint density at radius 3 is 2.57 bits per heavy atom. The Balaban J connectivity index is 3.37. The predicted octanol–water partition coefficient (Wildman–Crippen LogP) is 0.639. The Morgan fingerprint density at radius 2 is 2.07 bits per heavy atom. The summed E-state index contributed by atoms with van der Waals surface area (Å²) in [5.74, 6) is 0. The van der Waals surface area contributed by atoms with Crippen LogP contribution in [0.25, 0.3) is 0 Å². The van der Waals surface area contributed by atoms with E-state index < -0.39 is 0 Å². The molecule has 0 radical (unpaired) electrons. The van der Waals surface area contributed by atoms with Gasteiger partial charge in [0.25, 0.3) is 5.56 Å². The molecule has 0 aromatic carbocycles. The zero-order valence-electron chi connectivity index (χ0n) is 8.45. The van der Waals surface area contributed by atoms with Gasteiger partial charge in [-0.05, 0) is 6.92 Å². The van der Waals surface area contributed by atoms with Gasteiger partial charge >= 0.3 is 5.69 Å².